The molecule has 0 aliphatic heterocycles. The van der Waals surface area contributed by atoms with Crippen LogP contribution in [0.25, 0.3) is 0 Å². The van der Waals surface area contributed by atoms with Crippen molar-refractivity contribution in [2.75, 3.05) is 19.8 Å². The van der Waals surface area contributed by atoms with Crippen LogP contribution in [-0.4, -0.2) is 42.6 Å². The van der Waals surface area contributed by atoms with Crippen molar-refractivity contribution >= 4 is 17.8 Å². The molecule has 0 aromatic rings. The molecule has 0 heterocycles. The predicted molar refractivity (Wildman–Crippen MR) is 61.5 cm³/mol. The topological polar surface area (TPSA) is 119 Å². The van der Waals surface area contributed by atoms with Gasteiger partial charge in [0.2, 0.25) is 11.8 Å². The lowest BCUT2D eigenvalue weighted by Crippen LogP contribution is -2.33. The molecule has 0 radical (unpaired) electrons. The number of hydrogen-bond acceptors (Lipinski definition) is 4. The summed E-state index contributed by atoms with van der Waals surface area (Å²) in [5, 5.41) is 11.5. The first-order chi connectivity index (χ1) is 8.50. The van der Waals surface area contributed by atoms with Crippen molar-refractivity contribution < 1.29 is 24.2 Å². The van der Waals surface area contributed by atoms with Gasteiger partial charge >= 0.3 is 5.97 Å². The molecule has 1 aliphatic carbocycles. The summed E-state index contributed by atoms with van der Waals surface area (Å²) in [5.74, 6) is -2.19. The minimum atomic E-state index is -0.838. The molecule has 1 aliphatic rings. The molecule has 102 valence electrons. The van der Waals surface area contributed by atoms with Crippen LogP contribution < -0.4 is 11.1 Å². The van der Waals surface area contributed by atoms with Gasteiger partial charge < -0.3 is 20.9 Å². The lowest BCUT2D eigenvalue weighted by Gasteiger charge is -2.10. The molecular formula is C11H18N2O5. The van der Waals surface area contributed by atoms with E-state index in [0.29, 0.717) is 25.8 Å². The maximum absolute atomic E-state index is 11.7. The second kappa shape index (κ2) is 6.95. The molecule has 2 unspecified atom stereocenters. The molecule has 0 bridgehead atoms. The average Bonchev–Trinajstić information content (AvgIpc) is 2.77. The summed E-state index contributed by atoms with van der Waals surface area (Å²) >= 11 is 0. The van der Waals surface area contributed by atoms with Crippen molar-refractivity contribution in [1.82, 2.24) is 5.32 Å². The third-order valence-corrected chi connectivity index (χ3v) is 2.94. The fourth-order valence-corrected chi connectivity index (χ4v) is 2.01. The van der Waals surface area contributed by atoms with Gasteiger partial charge in [0.1, 0.15) is 6.61 Å². The molecule has 7 nitrogen and oxygen atoms in total. The summed E-state index contributed by atoms with van der Waals surface area (Å²) in [7, 11) is 0. The van der Waals surface area contributed by atoms with E-state index in [0.717, 1.165) is 0 Å². The number of carbonyl (C=O) groups is 3. The maximum atomic E-state index is 11.7. The van der Waals surface area contributed by atoms with Crippen LogP contribution in [0.4, 0.5) is 0 Å². The van der Waals surface area contributed by atoms with Crippen LogP contribution in [0.15, 0.2) is 0 Å². The van der Waals surface area contributed by atoms with Crippen LogP contribution in [0.3, 0.4) is 0 Å². The Morgan fingerprint density at radius 2 is 1.94 bits per heavy atom. The van der Waals surface area contributed by atoms with E-state index in [1.54, 1.807) is 0 Å². The van der Waals surface area contributed by atoms with Crippen molar-refractivity contribution in [3.05, 3.63) is 0 Å². The number of nitrogens with one attached hydrogen (secondary N) is 1. The minimum absolute atomic E-state index is 0.151. The molecule has 2 amide bonds. The number of rotatable bonds is 7. The van der Waals surface area contributed by atoms with E-state index in [-0.39, 0.29) is 25.0 Å². The highest BCUT2D eigenvalue weighted by Gasteiger charge is 2.33. The standard InChI is InChI=1S/C11H18N2O5/c12-9(14)6-18-4-3-13-10(15)7-1-2-8(5-7)11(16)17/h7-8H,1-6H2,(H2,12,14)(H,13,15)(H,16,17). The number of ether oxygens (including phenoxy) is 1. The zero-order valence-corrected chi connectivity index (χ0v) is 10.1. The van der Waals surface area contributed by atoms with Crippen LogP contribution >= 0.6 is 0 Å². The Kier molecular flexibility index (Phi) is 5.57. The molecule has 7 heteroatoms. The molecule has 2 atom stereocenters. The van der Waals surface area contributed by atoms with Gasteiger partial charge in [-0.05, 0) is 19.3 Å². The van der Waals surface area contributed by atoms with Crippen molar-refractivity contribution in [2.45, 2.75) is 19.3 Å². The van der Waals surface area contributed by atoms with Crippen LogP contribution in [0.5, 0.6) is 0 Å². The zero-order chi connectivity index (χ0) is 13.5. The van der Waals surface area contributed by atoms with Crippen molar-refractivity contribution in [2.24, 2.45) is 17.6 Å². The lowest BCUT2D eigenvalue weighted by atomic mass is 10.0. The molecular weight excluding hydrogens is 240 g/mol. The van der Waals surface area contributed by atoms with Crippen LogP contribution in [0.1, 0.15) is 19.3 Å². The van der Waals surface area contributed by atoms with E-state index in [9.17, 15) is 14.4 Å². The molecule has 0 saturated heterocycles. The highest BCUT2D eigenvalue weighted by Crippen LogP contribution is 2.30. The molecule has 18 heavy (non-hydrogen) atoms. The van der Waals surface area contributed by atoms with Crippen molar-refractivity contribution in [3.8, 4) is 0 Å². The Morgan fingerprint density at radius 1 is 1.28 bits per heavy atom. The average molecular weight is 258 g/mol. The monoisotopic (exact) mass is 258 g/mol. The van der Waals surface area contributed by atoms with Gasteiger partial charge in [-0.3, -0.25) is 14.4 Å². The summed E-state index contributed by atoms with van der Waals surface area (Å²) in [6.45, 7) is 0.338. The second-order valence-corrected chi connectivity index (χ2v) is 4.36. The predicted octanol–water partition coefficient (Wildman–Crippen LogP) is -0.895. The Labute approximate surface area is 105 Å². The molecule has 0 spiro atoms. The van der Waals surface area contributed by atoms with E-state index in [1.165, 1.54) is 0 Å². The largest absolute Gasteiger partial charge is 0.481 e. The van der Waals surface area contributed by atoms with Gasteiger partial charge in [0.15, 0.2) is 0 Å². The number of carboxylic acids is 1. The van der Waals surface area contributed by atoms with Gasteiger partial charge in [-0.15, -0.1) is 0 Å². The Bertz CT molecular complexity index is 331. The summed E-state index contributed by atoms with van der Waals surface area (Å²) in [4.78, 5) is 32.8. The first kappa shape index (κ1) is 14.4. The third-order valence-electron chi connectivity index (χ3n) is 2.94. The molecule has 1 saturated carbocycles. The quantitative estimate of drug-likeness (QED) is 0.512. The van der Waals surface area contributed by atoms with E-state index in [4.69, 9.17) is 15.6 Å². The molecule has 0 aromatic heterocycles. The SMILES string of the molecule is NC(=O)COCCNC(=O)C1CCC(C(=O)O)C1. The minimum Gasteiger partial charge on any atom is -0.481 e. The Hall–Kier alpha value is -1.63. The van der Waals surface area contributed by atoms with Gasteiger partial charge in [0, 0.05) is 12.5 Å². The third kappa shape index (κ3) is 4.70. The van der Waals surface area contributed by atoms with Crippen molar-refractivity contribution in [3.63, 3.8) is 0 Å². The fourth-order valence-electron chi connectivity index (χ4n) is 2.01. The van der Waals surface area contributed by atoms with Gasteiger partial charge in [-0.2, -0.15) is 0 Å². The number of carboxylic acid groups (broad SMARTS) is 1. The summed E-state index contributed by atoms with van der Waals surface area (Å²) < 4.78 is 4.88. The number of carbonyl (C=O) groups excluding carboxylic acids is 2. The summed E-state index contributed by atoms with van der Waals surface area (Å²) in [6.07, 6.45) is 1.54. The smallest absolute Gasteiger partial charge is 0.306 e. The number of primary amides is 1. The van der Waals surface area contributed by atoms with Gasteiger partial charge in [0.05, 0.1) is 12.5 Å². The number of aliphatic carboxylic acids is 1. The first-order valence-corrected chi connectivity index (χ1v) is 5.87. The van der Waals surface area contributed by atoms with Crippen molar-refractivity contribution in [1.29, 1.82) is 0 Å². The van der Waals surface area contributed by atoms with E-state index in [2.05, 4.69) is 5.32 Å². The Balaban J connectivity index is 2.14. The number of hydrogen-bond donors (Lipinski definition) is 3. The summed E-state index contributed by atoms with van der Waals surface area (Å²) in [6, 6.07) is 0. The van der Waals surface area contributed by atoms with E-state index < -0.39 is 17.8 Å². The highest BCUT2D eigenvalue weighted by molar-refractivity contribution is 5.80. The Morgan fingerprint density at radius 3 is 2.50 bits per heavy atom. The van der Waals surface area contributed by atoms with Crippen LogP contribution in [-0.2, 0) is 19.1 Å². The summed E-state index contributed by atoms with van der Waals surface area (Å²) in [5.41, 5.74) is 4.87. The molecule has 1 fully saturated rings. The van der Waals surface area contributed by atoms with Gasteiger partial charge in [-0.1, -0.05) is 0 Å². The lowest BCUT2D eigenvalue weighted by molar-refractivity contribution is -0.141. The number of amides is 2. The highest BCUT2D eigenvalue weighted by atomic mass is 16.5. The van der Waals surface area contributed by atoms with E-state index >= 15 is 0 Å². The van der Waals surface area contributed by atoms with Gasteiger partial charge in [-0.25, -0.2) is 0 Å². The second-order valence-electron chi connectivity index (χ2n) is 4.36. The number of nitrogens with two attached hydrogens (primary N) is 1. The first-order valence-electron chi connectivity index (χ1n) is 5.87. The zero-order valence-electron chi connectivity index (χ0n) is 10.1. The maximum Gasteiger partial charge on any atom is 0.306 e. The molecule has 0 aromatic carbocycles. The van der Waals surface area contributed by atoms with Crippen LogP contribution in [0, 0.1) is 11.8 Å². The normalized spacial score (nSPS) is 22.7. The fraction of sp³-hybridized carbons (Fsp3) is 0.727. The molecule has 1 rings (SSSR count). The van der Waals surface area contributed by atoms with E-state index in [1.807, 2.05) is 0 Å². The molecule has 4 N–H and O–H groups in total. The van der Waals surface area contributed by atoms with Gasteiger partial charge in [0.25, 0.3) is 0 Å². The van der Waals surface area contributed by atoms with Crippen LogP contribution in [0.2, 0.25) is 0 Å².